The number of ketones is 1. The first-order valence-electron chi connectivity index (χ1n) is 3.97. The maximum absolute atomic E-state index is 11.9. The second kappa shape index (κ2) is 4.44. The summed E-state index contributed by atoms with van der Waals surface area (Å²) in [6.07, 6.45) is 0. The molecule has 0 atom stereocenters. The quantitative estimate of drug-likeness (QED) is 0.647. The van der Waals surface area contributed by atoms with Gasteiger partial charge in [-0.25, -0.2) is 0 Å². The summed E-state index contributed by atoms with van der Waals surface area (Å²) < 4.78 is 28.0. The van der Waals surface area contributed by atoms with Gasteiger partial charge >= 0.3 is 6.61 Å². The van der Waals surface area contributed by atoms with Crippen LogP contribution < -0.4 is 10.5 Å². The number of benzene rings is 1. The maximum atomic E-state index is 11.9. The smallest absolute Gasteiger partial charge is 0.387 e. The van der Waals surface area contributed by atoms with Gasteiger partial charge in [0, 0.05) is 0 Å². The Hall–Kier alpha value is -1.36. The third kappa shape index (κ3) is 2.56. The fraction of sp³-hybridized carbons (Fsp3) is 0.222. The summed E-state index contributed by atoms with van der Waals surface area (Å²) in [4.78, 5) is 11.1. The van der Waals surface area contributed by atoms with Crippen molar-refractivity contribution in [1.29, 1.82) is 0 Å². The van der Waals surface area contributed by atoms with Gasteiger partial charge in [0.05, 0.1) is 16.3 Å². The fourth-order valence-electron chi connectivity index (χ4n) is 1.13. The maximum Gasteiger partial charge on any atom is 0.387 e. The third-order valence-electron chi connectivity index (χ3n) is 1.72. The van der Waals surface area contributed by atoms with E-state index in [1.165, 1.54) is 19.1 Å². The number of rotatable bonds is 3. The van der Waals surface area contributed by atoms with Gasteiger partial charge in [-0.1, -0.05) is 11.6 Å². The van der Waals surface area contributed by atoms with Gasteiger partial charge in [-0.05, 0) is 19.1 Å². The van der Waals surface area contributed by atoms with Gasteiger partial charge in [-0.15, -0.1) is 0 Å². The molecule has 6 heteroatoms. The Kier molecular flexibility index (Phi) is 3.47. The highest BCUT2D eigenvalue weighted by molar-refractivity contribution is 6.34. The number of carbonyl (C=O) groups excluding carboxylic acids is 1. The van der Waals surface area contributed by atoms with E-state index < -0.39 is 12.4 Å². The topological polar surface area (TPSA) is 52.3 Å². The highest BCUT2D eigenvalue weighted by atomic mass is 35.5. The van der Waals surface area contributed by atoms with E-state index in [9.17, 15) is 13.6 Å². The number of carbonyl (C=O) groups is 1. The molecular weight excluding hydrogens is 228 g/mol. The van der Waals surface area contributed by atoms with Crippen molar-refractivity contribution in [3.63, 3.8) is 0 Å². The number of hydrogen-bond donors (Lipinski definition) is 1. The van der Waals surface area contributed by atoms with Crippen molar-refractivity contribution in [3.05, 3.63) is 22.7 Å². The predicted octanol–water partition coefficient (Wildman–Crippen LogP) is 2.73. The van der Waals surface area contributed by atoms with E-state index in [1.807, 2.05) is 0 Å². The van der Waals surface area contributed by atoms with Crippen LogP contribution in [0.15, 0.2) is 12.1 Å². The molecule has 1 rings (SSSR count). The van der Waals surface area contributed by atoms with Crippen LogP contribution in [0.2, 0.25) is 5.02 Å². The van der Waals surface area contributed by atoms with Crippen molar-refractivity contribution in [2.45, 2.75) is 13.5 Å². The van der Waals surface area contributed by atoms with Gasteiger partial charge in [0.1, 0.15) is 5.75 Å². The molecule has 0 bridgehead atoms. The minimum atomic E-state index is -2.99. The molecule has 0 fully saturated rings. The van der Waals surface area contributed by atoms with Gasteiger partial charge in [0.15, 0.2) is 5.78 Å². The first kappa shape index (κ1) is 11.7. The summed E-state index contributed by atoms with van der Waals surface area (Å²) in [5.41, 5.74) is 5.29. The number of Topliss-reactive ketones (excluding diaryl/α,β-unsaturated/α-hetero) is 1. The van der Waals surface area contributed by atoms with Gasteiger partial charge < -0.3 is 10.5 Å². The van der Waals surface area contributed by atoms with Crippen LogP contribution in [0.5, 0.6) is 5.75 Å². The molecule has 3 nitrogen and oxygen atoms in total. The standard InChI is InChI=1S/C9H8ClF2NO2/c1-4(14)7-5(10)2-3-6(8(7)13)15-9(11)12/h2-3,9H,13H2,1H3. The lowest BCUT2D eigenvalue weighted by molar-refractivity contribution is -0.0493. The monoisotopic (exact) mass is 235 g/mol. The van der Waals surface area contributed by atoms with Crippen LogP contribution in [0.1, 0.15) is 17.3 Å². The molecule has 0 aliphatic heterocycles. The van der Waals surface area contributed by atoms with E-state index in [1.54, 1.807) is 0 Å². The number of nitrogen functional groups attached to an aromatic ring is 1. The first-order valence-corrected chi connectivity index (χ1v) is 4.35. The van der Waals surface area contributed by atoms with E-state index >= 15 is 0 Å². The van der Waals surface area contributed by atoms with Crippen LogP contribution in [-0.2, 0) is 0 Å². The lowest BCUT2D eigenvalue weighted by Gasteiger charge is -2.11. The average Bonchev–Trinajstić information content (AvgIpc) is 2.09. The van der Waals surface area contributed by atoms with Gasteiger partial charge in [0.25, 0.3) is 0 Å². The summed E-state index contributed by atoms with van der Waals surface area (Å²) in [6, 6.07) is 2.47. The zero-order valence-electron chi connectivity index (χ0n) is 7.76. The molecule has 2 N–H and O–H groups in total. The van der Waals surface area contributed by atoms with Crippen LogP contribution >= 0.6 is 11.6 Å². The molecule has 82 valence electrons. The zero-order chi connectivity index (χ0) is 11.6. The number of hydrogen-bond acceptors (Lipinski definition) is 3. The molecule has 0 radical (unpaired) electrons. The molecule has 0 saturated heterocycles. The summed E-state index contributed by atoms with van der Waals surface area (Å²) in [6.45, 7) is -1.75. The average molecular weight is 236 g/mol. The molecule has 0 unspecified atom stereocenters. The lowest BCUT2D eigenvalue weighted by Crippen LogP contribution is -2.08. The fourth-order valence-corrected chi connectivity index (χ4v) is 1.43. The Labute approximate surface area is 89.8 Å². The lowest BCUT2D eigenvalue weighted by atomic mass is 10.1. The van der Waals surface area contributed by atoms with Crippen LogP contribution in [0.3, 0.4) is 0 Å². The highest BCUT2D eigenvalue weighted by Crippen LogP contribution is 2.32. The Morgan fingerprint density at radius 2 is 2.13 bits per heavy atom. The van der Waals surface area contributed by atoms with E-state index in [0.717, 1.165) is 0 Å². The van der Waals surface area contributed by atoms with Crippen molar-refractivity contribution in [2.75, 3.05) is 5.73 Å². The minimum Gasteiger partial charge on any atom is -0.433 e. The summed E-state index contributed by atoms with van der Waals surface area (Å²) in [5, 5.41) is 0.113. The zero-order valence-corrected chi connectivity index (χ0v) is 8.52. The molecule has 0 heterocycles. The molecule has 1 aromatic rings. The van der Waals surface area contributed by atoms with Gasteiger partial charge in [0.2, 0.25) is 0 Å². The molecular formula is C9H8ClF2NO2. The van der Waals surface area contributed by atoms with Crippen molar-refractivity contribution in [3.8, 4) is 5.75 Å². The molecule has 0 spiro atoms. The van der Waals surface area contributed by atoms with Gasteiger partial charge in [-0.2, -0.15) is 8.78 Å². The third-order valence-corrected chi connectivity index (χ3v) is 2.04. The number of anilines is 1. The molecule has 0 amide bonds. The number of halogens is 3. The Morgan fingerprint density at radius 1 is 1.53 bits per heavy atom. The van der Waals surface area contributed by atoms with Crippen molar-refractivity contribution >= 4 is 23.1 Å². The summed E-state index contributed by atoms with van der Waals surface area (Å²) >= 11 is 5.69. The Bertz CT molecular complexity index is 396. The highest BCUT2D eigenvalue weighted by Gasteiger charge is 2.16. The second-order valence-corrected chi connectivity index (χ2v) is 3.18. The van der Waals surface area contributed by atoms with Crippen molar-refractivity contribution in [2.24, 2.45) is 0 Å². The number of alkyl halides is 2. The second-order valence-electron chi connectivity index (χ2n) is 2.77. The molecule has 0 aliphatic rings. The van der Waals surface area contributed by atoms with Crippen LogP contribution in [0.4, 0.5) is 14.5 Å². The minimum absolute atomic E-state index is 0.00480. The largest absolute Gasteiger partial charge is 0.433 e. The number of nitrogens with two attached hydrogens (primary N) is 1. The molecule has 1 aromatic carbocycles. The summed E-state index contributed by atoms with van der Waals surface area (Å²) in [5.74, 6) is -0.656. The summed E-state index contributed by atoms with van der Waals surface area (Å²) in [7, 11) is 0. The first-order chi connectivity index (χ1) is 6.93. The SMILES string of the molecule is CC(=O)c1c(Cl)ccc(OC(F)F)c1N. The van der Waals surface area contributed by atoms with Crippen molar-refractivity contribution in [1.82, 2.24) is 0 Å². The normalized spacial score (nSPS) is 10.5. The van der Waals surface area contributed by atoms with E-state index in [2.05, 4.69) is 4.74 Å². The predicted molar refractivity (Wildman–Crippen MR) is 52.5 cm³/mol. The van der Waals surface area contributed by atoms with Crippen LogP contribution in [0, 0.1) is 0 Å². The molecule has 15 heavy (non-hydrogen) atoms. The molecule has 0 aromatic heterocycles. The van der Waals surface area contributed by atoms with E-state index in [0.29, 0.717) is 0 Å². The van der Waals surface area contributed by atoms with E-state index in [4.69, 9.17) is 17.3 Å². The molecule has 0 saturated carbocycles. The van der Waals surface area contributed by atoms with Crippen LogP contribution in [-0.4, -0.2) is 12.4 Å². The van der Waals surface area contributed by atoms with Crippen molar-refractivity contribution < 1.29 is 18.3 Å². The van der Waals surface area contributed by atoms with E-state index in [-0.39, 0.29) is 22.0 Å². The number of ether oxygens (including phenoxy) is 1. The Balaban J connectivity index is 3.22. The Morgan fingerprint density at radius 3 is 2.60 bits per heavy atom. The van der Waals surface area contributed by atoms with Crippen LogP contribution in [0.25, 0.3) is 0 Å². The molecule has 0 aliphatic carbocycles. The van der Waals surface area contributed by atoms with Gasteiger partial charge in [-0.3, -0.25) is 4.79 Å².